The Kier molecular flexibility index (Phi) is 6.45. The van der Waals surface area contributed by atoms with Crippen molar-refractivity contribution >= 4 is 57.0 Å². The molecular weight excluding hydrogens is 473 g/mol. The average molecular weight is 488 g/mol. The van der Waals surface area contributed by atoms with E-state index in [2.05, 4.69) is 15.6 Å². The van der Waals surface area contributed by atoms with Gasteiger partial charge in [-0.1, -0.05) is 35.3 Å². The van der Waals surface area contributed by atoms with Crippen LogP contribution in [0.2, 0.25) is 10.0 Å². The van der Waals surface area contributed by atoms with E-state index in [1.54, 1.807) is 49.4 Å². The first kappa shape index (κ1) is 21.9. The third-order valence-corrected chi connectivity index (χ3v) is 5.85. The molecule has 10 heteroatoms. The number of aromatic nitrogens is 1. The molecule has 0 unspecified atom stereocenters. The highest BCUT2D eigenvalue weighted by atomic mass is 35.5. The fourth-order valence-electron chi connectivity index (χ4n) is 2.77. The van der Waals surface area contributed by atoms with Crippen molar-refractivity contribution in [3.63, 3.8) is 0 Å². The van der Waals surface area contributed by atoms with Gasteiger partial charge in [0, 0.05) is 6.20 Å². The minimum Gasteiger partial charge on any atom is -0.459 e. The largest absolute Gasteiger partial charge is 0.459 e. The van der Waals surface area contributed by atoms with Gasteiger partial charge in [-0.15, -0.1) is 11.3 Å². The average Bonchev–Trinajstić information content (AvgIpc) is 3.41. The van der Waals surface area contributed by atoms with Gasteiger partial charge in [0.1, 0.15) is 5.02 Å². The number of pyridine rings is 1. The van der Waals surface area contributed by atoms with Gasteiger partial charge in [0.2, 0.25) is 5.88 Å². The van der Waals surface area contributed by atoms with Crippen molar-refractivity contribution in [2.45, 2.75) is 6.92 Å². The van der Waals surface area contributed by atoms with Crippen LogP contribution in [0.25, 0.3) is 0 Å². The third-order valence-electron chi connectivity index (χ3n) is 4.22. The summed E-state index contributed by atoms with van der Waals surface area (Å²) < 4.78 is 10.9. The normalized spacial score (nSPS) is 10.6. The number of para-hydroxylation sites is 2. The van der Waals surface area contributed by atoms with Crippen LogP contribution in [0.1, 0.15) is 25.8 Å². The molecule has 0 aliphatic carbocycles. The van der Waals surface area contributed by atoms with E-state index < -0.39 is 5.91 Å². The number of carbonyl (C=O) groups is 2. The smallest absolute Gasteiger partial charge is 0.291 e. The molecule has 2 amide bonds. The van der Waals surface area contributed by atoms with Gasteiger partial charge >= 0.3 is 0 Å². The number of carbonyl (C=O) groups excluding carboxylic acids is 2. The van der Waals surface area contributed by atoms with E-state index >= 15 is 0 Å². The van der Waals surface area contributed by atoms with Crippen LogP contribution in [0.5, 0.6) is 11.6 Å². The highest BCUT2D eigenvalue weighted by Gasteiger charge is 2.18. The Labute approximate surface area is 196 Å². The first-order valence-electron chi connectivity index (χ1n) is 9.25. The summed E-state index contributed by atoms with van der Waals surface area (Å²) >= 11 is 13.2. The number of benzene rings is 1. The number of aryl methyl sites for hydroxylation is 1. The van der Waals surface area contributed by atoms with E-state index in [-0.39, 0.29) is 22.6 Å². The number of thiophene rings is 1. The zero-order chi connectivity index (χ0) is 22.7. The SMILES string of the molecule is Cc1cc(NC(=O)c2ccco2)sc1C(=O)Nc1ccccc1Oc1ncc(Cl)cc1Cl. The van der Waals surface area contributed by atoms with E-state index in [1.807, 2.05) is 0 Å². The van der Waals surface area contributed by atoms with Crippen LogP contribution in [-0.4, -0.2) is 16.8 Å². The van der Waals surface area contributed by atoms with Gasteiger partial charge in [-0.05, 0) is 48.9 Å². The molecule has 3 aromatic heterocycles. The highest BCUT2D eigenvalue weighted by Crippen LogP contribution is 2.34. The van der Waals surface area contributed by atoms with Crippen molar-refractivity contribution in [1.82, 2.24) is 4.98 Å². The summed E-state index contributed by atoms with van der Waals surface area (Å²) in [5.74, 6) is -0.0415. The van der Waals surface area contributed by atoms with Crippen LogP contribution in [0.3, 0.4) is 0 Å². The summed E-state index contributed by atoms with van der Waals surface area (Å²) in [7, 11) is 0. The lowest BCUT2D eigenvalue weighted by Gasteiger charge is -2.12. The quantitative estimate of drug-likeness (QED) is 0.317. The zero-order valence-electron chi connectivity index (χ0n) is 16.5. The van der Waals surface area contributed by atoms with Crippen LogP contribution >= 0.6 is 34.5 Å². The molecule has 7 nitrogen and oxygen atoms in total. The number of amides is 2. The molecule has 3 heterocycles. The van der Waals surface area contributed by atoms with E-state index in [4.69, 9.17) is 32.4 Å². The Balaban J connectivity index is 1.51. The molecule has 0 saturated carbocycles. The van der Waals surface area contributed by atoms with Gasteiger partial charge in [0.25, 0.3) is 11.8 Å². The summed E-state index contributed by atoms with van der Waals surface area (Å²) in [6.45, 7) is 1.79. The van der Waals surface area contributed by atoms with Gasteiger partial charge in [-0.25, -0.2) is 4.98 Å². The van der Waals surface area contributed by atoms with Gasteiger partial charge in [-0.3, -0.25) is 9.59 Å². The second kappa shape index (κ2) is 9.44. The first-order chi connectivity index (χ1) is 15.4. The molecule has 162 valence electrons. The lowest BCUT2D eigenvalue weighted by atomic mass is 10.2. The van der Waals surface area contributed by atoms with Gasteiger partial charge in [0.05, 0.1) is 26.9 Å². The van der Waals surface area contributed by atoms with Crippen molar-refractivity contribution in [1.29, 1.82) is 0 Å². The van der Waals surface area contributed by atoms with Crippen molar-refractivity contribution in [2.75, 3.05) is 10.6 Å². The number of rotatable bonds is 6. The van der Waals surface area contributed by atoms with E-state index in [0.717, 1.165) is 11.3 Å². The van der Waals surface area contributed by atoms with Crippen LogP contribution in [-0.2, 0) is 0 Å². The summed E-state index contributed by atoms with van der Waals surface area (Å²) in [6.07, 6.45) is 2.83. The molecular formula is C22H15Cl2N3O4S. The number of furan rings is 1. The number of anilines is 2. The molecule has 0 atom stereocenters. The molecule has 0 spiro atoms. The minimum absolute atomic E-state index is 0.160. The Morgan fingerprint density at radius 3 is 2.62 bits per heavy atom. The van der Waals surface area contributed by atoms with Crippen LogP contribution in [0.15, 0.2) is 65.4 Å². The summed E-state index contributed by atoms with van der Waals surface area (Å²) in [5, 5.41) is 6.70. The summed E-state index contributed by atoms with van der Waals surface area (Å²) in [5.41, 5.74) is 1.14. The molecule has 0 radical (unpaired) electrons. The van der Waals surface area contributed by atoms with Crippen molar-refractivity contribution in [3.8, 4) is 11.6 Å². The fraction of sp³-hybridized carbons (Fsp3) is 0.0455. The second-order valence-electron chi connectivity index (χ2n) is 6.55. The Morgan fingerprint density at radius 2 is 1.88 bits per heavy atom. The molecule has 4 rings (SSSR count). The van der Waals surface area contributed by atoms with Crippen molar-refractivity contribution in [2.24, 2.45) is 0 Å². The third kappa shape index (κ3) is 4.94. The molecule has 4 aromatic rings. The van der Waals surface area contributed by atoms with Crippen molar-refractivity contribution in [3.05, 3.63) is 87.2 Å². The van der Waals surface area contributed by atoms with E-state index in [0.29, 0.717) is 31.9 Å². The maximum absolute atomic E-state index is 12.9. The monoisotopic (exact) mass is 487 g/mol. The number of nitrogens with one attached hydrogen (secondary N) is 2. The van der Waals surface area contributed by atoms with Crippen LogP contribution < -0.4 is 15.4 Å². The molecule has 1 aromatic carbocycles. The Hall–Kier alpha value is -3.33. The van der Waals surface area contributed by atoms with Gasteiger partial charge in [0.15, 0.2) is 11.5 Å². The molecule has 0 saturated heterocycles. The van der Waals surface area contributed by atoms with Gasteiger partial charge in [-0.2, -0.15) is 0 Å². The number of halogens is 2. The maximum Gasteiger partial charge on any atom is 0.291 e. The maximum atomic E-state index is 12.9. The predicted octanol–water partition coefficient (Wildman–Crippen LogP) is 6.65. The topological polar surface area (TPSA) is 93.5 Å². The van der Waals surface area contributed by atoms with Crippen LogP contribution in [0.4, 0.5) is 10.7 Å². The van der Waals surface area contributed by atoms with E-state index in [1.165, 1.54) is 18.5 Å². The minimum atomic E-state index is -0.394. The molecule has 32 heavy (non-hydrogen) atoms. The lowest BCUT2D eigenvalue weighted by molar-refractivity contribution is 0.0995. The standard InChI is InChI=1S/C22H15Cl2N3O4S/c1-12-9-18(27-20(28)17-7-4-8-30-17)32-19(12)21(29)26-15-5-2-3-6-16(15)31-22-14(24)10-13(23)11-25-22/h2-11H,1H3,(H,26,29)(H,27,28). The Bertz CT molecular complexity index is 1290. The number of hydrogen-bond acceptors (Lipinski definition) is 6. The van der Waals surface area contributed by atoms with Crippen molar-refractivity contribution < 1.29 is 18.7 Å². The fourth-order valence-corrected chi connectivity index (χ4v) is 4.15. The molecule has 0 aliphatic rings. The van der Waals surface area contributed by atoms with E-state index in [9.17, 15) is 9.59 Å². The summed E-state index contributed by atoms with van der Waals surface area (Å²) in [4.78, 5) is 29.6. The predicted molar refractivity (Wildman–Crippen MR) is 124 cm³/mol. The number of ether oxygens (including phenoxy) is 1. The second-order valence-corrected chi connectivity index (χ2v) is 8.44. The number of nitrogens with zero attached hydrogens (tertiary/aromatic N) is 1. The highest BCUT2D eigenvalue weighted by molar-refractivity contribution is 7.18. The molecule has 0 bridgehead atoms. The van der Waals surface area contributed by atoms with Gasteiger partial charge < -0.3 is 19.8 Å². The molecule has 0 aliphatic heterocycles. The summed E-state index contributed by atoms with van der Waals surface area (Å²) in [6, 6.07) is 13.3. The lowest BCUT2D eigenvalue weighted by Crippen LogP contribution is -2.12. The first-order valence-corrected chi connectivity index (χ1v) is 10.8. The molecule has 0 fully saturated rings. The molecule has 2 N–H and O–H groups in total. The zero-order valence-corrected chi connectivity index (χ0v) is 18.8. The van der Waals surface area contributed by atoms with Crippen LogP contribution in [0, 0.1) is 6.92 Å². The Morgan fingerprint density at radius 1 is 1.06 bits per heavy atom. The number of hydrogen-bond donors (Lipinski definition) is 2.